The van der Waals surface area contributed by atoms with Crippen molar-refractivity contribution in [1.29, 1.82) is 0 Å². The summed E-state index contributed by atoms with van der Waals surface area (Å²) in [7, 11) is 0. The fourth-order valence-electron chi connectivity index (χ4n) is 2.77. The minimum atomic E-state index is -0.584. The Kier molecular flexibility index (Phi) is 4.95. The molecule has 0 aromatic heterocycles. The van der Waals surface area contributed by atoms with Gasteiger partial charge in [-0.2, -0.15) is 0 Å². The molecule has 110 valence electrons. The van der Waals surface area contributed by atoms with Gasteiger partial charge in [0, 0.05) is 18.8 Å². The molecule has 1 fully saturated rings. The number of nitrogens with zero attached hydrogens (tertiary/aromatic N) is 1. The average molecular weight is 279 g/mol. The van der Waals surface area contributed by atoms with E-state index in [9.17, 15) is 9.18 Å². The topological polar surface area (TPSA) is 58.4 Å². The van der Waals surface area contributed by atoms with Crippen LogP contribution in [-0.4, -0.2) is 32.1 Å². The Labute approximate surface area is 119 Å². The quantitative estimate of drug-likeness (QED) is 0.863. The largest absolute Gasteiger partial charge is 0.371 e. The molecule has 1 aromatic carbocycles. The molecular formula is C15H22FN3O. The highest BCUT2D eigenvalue weighted by Crippen LogP contribution is 2.23. The zero-order chi connectivity index (χ0) is 14.5. The van der Waals surface area contributed by atoms with Gasteiger partial charge in [-0.25, -0.2) is 4.39 Å². The molecule has 1 heterocycles. The number of piperidine rings is 1. The van der Waals surface area contributed by atoms with Gasteiger partial charge in [0.05, 0.1) is 5.56 Å². The smallest absolute Gasteiger partial charge is 0.250 e. The maximum atomic E-state index is 13.3. The molecule has 5 heteroatoms. The van der Waals surface area contributed by atoms with Crippen molar-refractivity contribution in [2.24, 2.45) is 11.7 Å². The van der Waals surface area contributed by atoms with E-state index in [0.29, 0.717) is 5.92 Å². The molecule has 0 spiro atoms. The van der Waals surface area contributed by atoms with Crippen LogP contribution in [0.5, 0.6) is 0 Å². The molecular weight excluding hydrogens is 257 g/mol. The molecule has 1 aliphatic rings. The number of halogens is 1. The minimum Gasteiger partial charge on any atom is -0.371 e. The Morgan fingerprint density at radius 3 is 2.95 bits per heavy atom. The minimum absolute atomic E-state index is 0.260. The highest BCUT2D eigenvalue weighted by atomic mass is 19.1. The van der Waals surface area contributed by atoms with Gasteiger partial charge in [-0.15, -0.1) is 0 Å². The Morgan fingerprint density at radius 1 is 1.55 bits per heavy atom. The van der Waals surface area contributed by atoms with E-state index < -0.39 is 11.7 Å². The predicted molar refractivity (Wildman–Crippen MR) is 78.4 cm³/mol. The van der Waals surface area contributed by atoms with E-state index in [0.717, 1.165) is 31.9 Å². The van der Waals surface area contributed by atoms with Crippen LogP contribution in [0.1, 0.15) is 30.1 Å². The number of amides is 1. The van der Waals surface area contributed by atoms with Crippen molar-refractivity contribution in [2.45, 2.75) is 19.8 Å². The summed E-state index contributed by atoms with van der Waals surface area (Å²) in [6.45, 7) is 5.72. The molecule has 0 radical (unpaired) electrons. The van der Waals surface area contributed by atoms with Crippen LogP contribution in [0, 0.1) is 11.7 Å². The van der Waals surface area contributed by atoms with Gasteiger partial charge in [-0.1, -0.05) is 0 Å². The fraction of sp³-hybridized carbons (Fsp3) is 0.533. The lowest BCUT2D eigenvalue weighted by molar-refractivity contribution is 0.1000. The number of benzene rings is 1. The molecule has 1 unspecified atom stereocenters. The molecule has 20 heavy (non-hydrogen) atoms. The Hall–Kier alpha value is -1.62. The molecule has 0 bridgehead atoms. The molecule has 1 amide bonds. The van der Waals surface area contributed by atoms with Gasteiger partial charge in [-0.3, -0.25) is 4.79 Å². The summed E-state index contributed by atoms with van der Waals surface area (Å²) in [5.74, 6) is -0.466. The molecule has 1 atom stereocenters. The molecule has 2 rings (SSSR count). The van der Waals surface area contributed by atoms with Crippen LogP contribution in [0.4, 0.5) is 10.1 Å². The maximum Gasteiger partial charge on any atom is 0.250 e. The first kappa shape index (κ1) is 14.8. The van der Waals surface area contributed by atoms with Crippen LogP contribution in [-0.2, 0) is 0 Å². The lowest BCUT2D eigenvalue weighted by Crippen LogP contribution is -2.39. The molecule has 0 saturated carbocycles. The summed E-state index contributed by atoms with van der Waals surface area (Å²) in [6.07, 6.45) is 2.35. The van der Waals surface area contributed by atoms with Gasteiger partial charge in [-0.05, 0) is 57.0 Å². The van der Waals surface area contributed by atoms with E-state index in [4.69, 9.17) is 5.73 Å². The maximum absolute atomic E-state index is 13.3. The summed E-state index contributed by atoms with van der Waals surface area (Å²) in [4.78, 5) is 13.6. The van der Waals surface area contributed by atoms with E-state index in [-0.39, 0.29) is 5.56 Å². The summed E-state index contributed by atoms with van der Waals surface area (Å²) in [6, 6.07) is 4.25. The van der Waals surface area contributed by atoms with Crippen LogP contribution in [0.3, 0.4) is 0 Å². The molecule has 4 nitrogen and oxygen atoms in total. The van der Waals surface area contributed by atoms with Crippen molar-refractivity contribution in [3.8, 4) is 0 Å². The van der Waals surface area contributed by atoms with Gasteiger partial charge in [0.15, 0.2) is 0 Å². The van der Waals surface area contributed by atoms with E-state index in [2.05, 4.69) is 10.2 Å². The number of carbonyl (C=O) groups is 1. The second-order valence-corrected chi connectivity index (χ2v) is 5.28. The Bertz CT molecular complexity index is 472. The van der Waals surface area contributed by atoms with Gasteiger partial charge < -0.3 is 16.0 Å². The van der Waals surface area contributed by atoms with E-state index in [1.807, 2.05) is 6.92 Å². The normalized spacial score (nSPS) is 18.8. The zero-order valence-electron chi connectivity index (χ0n) is 11.9. The van der Waals surface area contributed by atoms with Crippen molar-refractivity contribution in [2.75, 3.05) is 31.1 Å². The first-order valence-corrected chi connectivity index (χ1v) is 7.16. The van der Waals surface area contributed by atoms with Gasteiger partial charge in [0.1, 0.15) is 5.82 Å². The predicted octanol–water partition coefficient (Wildman–Crippen LogP) is 1.75. The third-order valence-electron chi connectivity index (χ3n) is 3.82. The molecule has 0 aliphatic carbocycles. The second kappa shape index (κ2) is 6.70. The number of hydrogen-bond acceptors (Lipinski definition) is 3. The molecule has 1 saturated heterocycles. The summed E-state index contributed by atoms with van der Waals surface area (Å²) < 4.78 is 13.3. The van der Waals surface area contributed by atoms with Crippen molar-refractivity contribution >= 4 is 11.6 Å². The number of nitrogens with one attached hydrogen (secondary N) is 1. The fourth-order valence-corrected chi connectivity index (χ4v) is 2.77. The summed E-state index contributed by atoms with van der Waals surface area (Å²) in [5, 5.41) is 3.38. The second-order valence-electron chi connectivity index (χ2n) is 5.28. The van der Waals surface area contributed by atoms with E-state index >= 15 is 0 Å². The molecule has 3 N–H and O–H groups in total. The van der Waals surface area contributed by atoms with E-state index in [1.165, 1.54) is 25.0 Å². The van der Waals surface area contributed by atoms with Crippen LogP contribution >= 0.6 is 0 Å². The van der Waals surface area contributed by atoms with Crippen molar-refractivity contribution in [3.63, 3.8) is 0 Å². The third-order valence-corrected chi connectivity index (χ3v) is 3.82. The number of primary amides is 1. The van der Waals surface area contributed by atoms with Crippen molar-refractivity contribution < 1.29 is 9.18 Å². The van der Waals surface area contributed by atoms with Crippen LogP contribution in [0.15, 0.2) is 18.2 Å². The standard InChI is InChI=1S/C15H22FN3O/c1-2-19(10-11-4-3-7-18-9-11)14-6-5-12(16)8-13(14)15(17)20/h5-6,8,11,18H,2-4,7,9-10H2,1H3,(H2,17,20). The Morgan fingerprint density at radius 2 is 2.35 bits per heavy atom. The number of rotatable bonds is 5. The van der Waals surface area contributed by atoms with Crippen molar-refractivity contribution in [1.82, 2.24) is 5.32 Å². The lowest BCUT2D eigenvalue weighted by Gasteiger charge is -2.31. The van der Waals surface area contributed by atoms with Crippen LogP contribution in [0.25, 0.3) is 0 Å². The number of carbonyl (C=O) groups excluding carboxylic acids is 1. The van der Waals surface area contributed by atoms with E-state index in [1.54, 1.807) is 6.07 Å². The van der Waals surface area contributed by atoms with Gasteiger partial charge >= 0.3 is 0 Å². The average Bonchev–Trinajstić information content (AvgIpc) is 2.46. The van der Waals surface area contributed by atoms with Crippen LogP contribution in [0.2, 0.25) is 0 Å². The number of hydrogen-bond donors (Lipinski definition) is 2. The number of anilines is 1. The zero-order valence-corrected chi connectivity index (χ0v) is 11.9. The van der Waals surface area contributed by atoms with Crippen molar-refractivity contribution in [3.05, 3.63) is 29.6 Å². The monoisotopic (exact) mass is 279 g/mol. The SMILES string of the molecule is CCN(CC1CCCNC1)c1ccc(F)cc1C(N)=O. The highest BCUT2D eigenvalue weighted by Gasteiger charge is 2.20. The van der Waals surface area contributed by atoms with Gasteiger partial charge in [0.2, 0.25) is 0 Å². The lowest BCUT2D eigenvalue weighted by atomic mass is 9.98. The Balaban J connectivity index is 2.19. The summed E-state index contributed by atoms with van der Waals surface area (Å²) in [5.41, 5.74) is 6.35. The highest BCUT2D eigenvalue weighted by molar-refractivity contribution is 5.98. The van der Waals surface area contributed by atoms with Crippen LogP contribution < -0.4 is 16.0 Å². The first-order valence-electron chi connectivity index (χ1n) is 7.16. The molecule has 1 aromatic rings. The third kappa shape index (κ3) is 3.48. The number of nitrogens with two attached hydrogens (primary N) is 1. The summed E-state index contributed by atoms with van der Waals surface area (Å²) >= 11 is 0. The first-order chi connectivity index (χ1) is 9.61. The molecule has 1 aliphatic heterocycles. The van der Waals surface area contributed by atoms with Gasteiger partial charge in [0.25, 0.3) is 5.91 Å².